The zero-order valence-corrected chi connectivity index (χ0v) is 36.7. The van der Waals surface area contributed by atoms with Gasteiger partial charge in [-0.2, -0.15) is 0 Å². The van der Waals surface area contributed by atoms with Gasteiger partial charge >= 0.3 is 0 Å². The largest absolute Gasteiger partial charge is 0.228 e. The van der Waals surface area contributed by atoms with Gasteiger partial charge in [0.15, 0.2) is 5.82 Å². The number of aromatic nitrogens is 2. The average Bonchev–Trinajstić information content (AvgIpc) is 3.65. The first kappa shape index (κ1) is 38.5. The minimum atomic E-state index is 0.0503. The highest BCUT2D eigenvalue weighted by molar-refractivity contribution is 6.23. The topological polar surface area (TPSA) is 25.8 Å². The quantitative estimate of drug-likeness (QED) is 0.156. The van der Waals surface area contributed by atoms with Gasteiger partial charge in [0.05, 0.1) is 11.4 Å². The van der Waals surface area contributed by atoms with Gasteiger partial charge in [0.2, 0.25) is 0 Å². The molecule has 66 heavy (non-hydrogen) atoms. The summed E-state index contributed by atoms with van der Waals surface area (Å²) in [6.45, 7) is 0. The molecule has 1 aromatic heterocycles. The highest BCUT2D eigenvalue weighted by atomic mass is 14.9. The highest BCUT2D eigenvalue weighted by Gasteiger charge is 2.45. The molecular formula is C64H46N2. The Hall–Kier alpha value is -7.94. The molecule has 0 N–H and O–H groups in total. The van der Waals surface area contributed by atoms with Crippen LogP contribution in [0.2, 0.25) is 0 Å². The standard InChI is InChI=1S/C64H46N2/c1-4-18-42(19-5-1)46-24-16-25-49(38-46)59-41-58(65-63(66-59)45-20-6-2-7-21-45)43-32-34-44(35-33-43)60-50-26-10-12-28-52(50)61(53-29-13-11-27-51(53)60)54-30-17-31-56-62(54)55-39-47-22-8-9-23-48(47)40-57(55)64(56)36-14-3-15-37-64/h1-2,4-13,16-35,38-41H,3,14-15,36-37H2. The first-order valence-corrected chi connectivity index (χ1v) is 23.5. The smallest absolute Gasteiger partial charge is 0.160 e. The summed E-state index contributed by atoms with van der Waals surface area (Å²) in [5.74, 6) is 0.711. The minimum absolute atomic E-state index is 0.0503. The molecule has 0 radical (unpaired) electrons. The van der Waals surface area contributed by atoms with Crippen LogP contribution in [-0.4, -0.2) is 9.97 Å². The maximum absolute atomic E-state index is 5.21. The lowest BCUT2D eigenvalue weighted by atomic mass is 9.67. The van der Waals surface area contributed by atoms with Gasteiger partial charge in [0, 0.05) is 22.1 Å². The fourth-order valence-corrected chi connectivity index (χ4v) is 11.6. The van der Waals surface area contributed by atoms with Crippen LogP contribution in [0.4, 0.5) is 0 Å². The lowest BCUT2D eigenvalue weighted by molar-refractivity contribution is 0.353. The fraction of sp³-hybridized carbons (Fsp3) is 0.0938. The van der Waals surface area contributed by atoms with Gasteiger partial charge in [-0.25, -0.2) is 9.97 Å². The van der Waals surface area contributed by atoms with Crippen molar-refractivity contribution in [2.75, 3.05) is 0 Å². The monoisotopic (exact) mass is 842 g/mol. The summed E-state index contributed by atoms with van der Waals surface area (Å²) in [5.41, 5.74) is 18.3. The Bertz CT molecular complexity index is 3600. The molecule has 1 fully saturated rings. The molecule has 2 aliphatic carbocycles. The molecule has 312 valence electrons. The van der Waals surface area contributed by atoms with E-state index in [-0.39, 0.29) is 5.41 Å². The van der Waals surface area contributed by atoms with Crippen LogP contribution < -0.4 is 0 Å². The Balaban J connectivity index is 0.967. The Labute approximate surface area is 385 Å². The average molecular weight is 843 g/mol. The molecule has 2 heteroatoms. The van der Waals surface area contributed by atoms with Crippen molar-refractivity contribution >= 4 is 32.3 Å². The van der Waals surface area contributed by atoms with Crippen molar-refractivity contribution in [1.29, 1.82) is 0 Å². The minimum Gasteiger partial charge on any atom is -0.228 e. The second-order valence-electron chi connectivity index (χ2n) is 18.3. The Morgan fingerprint density at radius 1 is 0.303 bits per heavy atom. The third kappa shape index (κ3) is 6.24. The molecule has 1 saturated carbocycles. The van der Waals surface area contributed by atoms with Crippen LogP contribution in [-0.2, 0) is 5.41 Å². The molecule has 0 atom stereocenters. The number of hydrogen-bond donors (Lipinski definition) is 0. The van der Waals surface area contributed by atoms with E-state index < -0.39 is 0 Å². The lowest BCUT2D eigenvalue weighted by Crippen LogP contribution is -2.28. The molecule has 2 nitrogen and oxygen atoms in total. The fourth-order valence-electron chi connectivity index (χ4n) is 11.6. The maximum Gasteiger partial charge on any atom is 0.160 e. The summed E-state index contributed by atoms with van der Waals surface area (Å²) in [4.78, 5) is 10.4. The van der Waals surface area contributed by atoms with Crippen LogP contribution in [0.3, 0.4) is 0 Å². The third-order valence-corrected chi connectivity index (χ3v) is 14.7. The van der Waals surface area contributed by atoms with Gasteiger partial charge in [-0.3, -0.25) is 0 Å². The van der Waals surface area contributed by atoms with E-state index in [1.165, 1.54) is 114 Å². The number of rotatable bonds is 6. The van der Waals surface area contributed by atoms with Gasteiger partial charge < -0.3 is 0 Å². The third-order valence-electron chi connectivity index (χ3n) is 14.7. The van der Waals surface area contributed by atoms with E-state index >= 15 is 0 Å². The molecule has 13 rings (SSSR count). The molecule has 1 heterocycles. The second kappa shape index (κ2) is 15.6. The molecule has 1 spiro atoms. The highest BCUT2D eigenvalue weighted by Crippen LogP contribution is 2.59. The van der Waals surface area contributed by atoms with E-state index in [1.807, 2.05) is 6.07 Å². The molecule has 0 amide bonds. The van der Waals surface area contributed by atoms with E-state index in [9.17, 15) is 0 Å². The van der Waals surface area contributed by atoms with Crippen molar-refractivity contribution in [3.05, 3.63) is 230 Å². The van der Waals surface area contributed by atoms with Crippen LogP contribution in [0.1, 0.15) is 43.2 Å². The summed E-state index contributed by atoms with van der Waals surface area (Å²) in [5, 5.41) is 7.73. The van der Waals surface area contributed by atoms with Crippen LogP contribution in [0, 0.1) is 0 Å². The molecule has 0 bridgehead atoms. The predicted molar refractivity (Wildman–Crippen MR) is 276 cm³/mol. The van der Waals surface area contributed by atoms with Gasteiger partial charge in [0.1, 0.15) is 0 Å². The number of fused-ring (bicyclic) bond motifs is 8. The van der Waals surface area contributed by atoms with Gasteiger partial charge in [-0.1, -0.05) is 213 Å². The molecular weight excluding hydrogens is 797 g/mol. The SMILES string of the molecule is c1ccc(-c2cccc(-c3cc(-c4ccc(-c5c6ccccc6c(-c6cccc7c6-c6cc8ccccc8cc6C76CCCCC6)c6ccccc56)cc4)nc(-c4ccccc4)n3)c2)cc1. The number of nitrogens with zero attached hydrogens (tertiary/aromatic N) is 2. The zero-order chi connectivity index (χ0) is 43.6. The predicted octanol–water partition coefficient (Wildman–Crippen LogP) is 17.2. The maximum atomic E-state index is 5.21. The number of hydrogen-bond acceptors (Lipinski definition) is 2. The van der Waals surface area contributed by atoms with Crippen LogP contribution >= 0.6 is 0 Å². The van der Waals surface area contributed by atoms with Gasteiger partial charge in [-0.05, 0) is 125 Å². The van der Waals surface area contributed by atoms with Crippen molar-refractivity contribution in [3.8, 4) is 78.4 Å². The molecule has 10 aromatic carbocycles. The summed E-state index contributed by atoms with van der Waals surface area (Å²) in [6.07, 6.45) is 6.26. The van der Waals surface area contributed by atoms with E-state index in [2.05, 4.69) is 212 Å². The zero-order valence-electron chi connectivity index (χ0n) is 36.7. The van der Waals surface area contributed by atoms with Crippen molar-refractivity contribution in [3.63, 3.8) is 0 Å². The van der Waals surface area contributed by atoms with Crippen LogP contribution in [0.15, 0.2) is 218 Å². The normalized spacial score (nSPS) is 13.9. The summed E-state index contributed by atoms with van der Waals surface area (Å²) in [6, 6.07) is 80.1. The lowest BCUT2D eigenvalue weighted by Gasteiger charge is -2.36. The van der Waals surface area contributed by atoms with Crippen molar-refractivity contribution in [2.45, 2.75) is 37.5 Å². The summed E-state index contributed by atoms with van der Waals surface area (Å²) < 4.78 is 0. The Morgan fingerprint density at radius 3 is 1.52 bits per heavy atom. The Kier molecular flexibility index (Phi) is 9.13. The van der Waals surface area contributed by atoms with Crippen molar-refractivity contribution in [1.82, 2.24) is 9.97 Å². The molecule has 0 aliphatic heterocycles. The number of benzene rings is 10. The van der Waals surface area contributed by atoms with Gasteiger partial charge in [0.25, 0.3) is 0 Å². The van der Waals surface area contributed by atoms with E-state index in [0.717, 1.165) is 33.6 Å². The summed E-state index contributed by atoms with van der Waals surface area (Å²) in [7, 11) is 0. The Morgan fingerprint density at radius 2 is 0.833 bits per heavy atom. The van der Waals surface area contributed by atoms with Gasteiger partial charge in [-0.15, -0.1) is 0 Å². The molecule has 0 unspecified atom stereocenters. The van der Waals surface area contributed by atoms with E-state index in [1.54, 1.807) is 0 Å². The van der Waals surface area contributed by atoms with E-state index in [4.69, 9.17) is 9.97 Å². The van der Waals surface area contributed by atoms with Crippen LogP contribution in [0.5, 0.6) is 0 Å². The molecule has 2 aliphatic rings. The first-order valence-electron chi connectivity index (χ1n) is 23.5. The molecule has 0 saturated heterocycles. The van der Waals surface area contributed by atoms with E-state index in [0.29, 0.717) is 5.82 Å². The van der Waals surface area contributed by atoms with Crippen molar-refractivity contribution < 1.29 is 0 Å². The van der Waals surface area contributed by atoms with Crippen molar-refractivity contribution in [2.24, 2.45) is 0 Å². The molecule has 11 aromatic rings. The van der Waals surface area contributed by atoms with Crippen LogP contribution in [0.25, 0.3) is 111 Å². The second-order valence-corrected chi connectivity index (χ2v) is 18.3. The first-order chi connectivity index (χ1) is 32.7. The summed E-state index contributed by atoms with van der Waals surface area (Å²) >= 11 is 0.